The van der Waals surface area contributed by atoms with Crippen molar-refractivity contribution in [1.82, 2.24) is 10.6 Å². The van der Waals surface area contributed by atoms with Crippen molar-refractivity contribution in [2.75, 3.05) is 33.4 Å². The van der Waals surface area contributed by atoms with E-state index in [9.17, 15) is 4.39 Å². The van der Waals surface area contributed by atoms with Crippen molar-refractivity contribution < 1.29 is 9.13 Å². The zero-order chi connectivity index (χ0) is 17.4. The lowest BCUT2D eigenvalue weighted by Gasteiger charge is -2.38. The van der Waals surface area contributed by atoms with E-state index in [1.165, 1.54) is 0 Å². The van der Waals surface area contributed by atoms with E-state index in [0.717, 1.165) is 57.1 Å². The maximum atomic E-state index is 13.3. The highest BCUT2D eigenvalue weighted by Gasteiger charge is 2.34. The van der Waals surface area contributed by atoms with Crippen LogP contribution in [0, 0.1) is 11.7 Å². The molecule has 1 aromatic rings. The Kier molecular flexibility index (Phi) is 7.03. The highest BCUT2D eigenvalue weighted by atomic mass is 19.1. The van der Waals surface area contributed by atoms with E-state index in [4.69, 9.17) is 4.74 Å². The van der Waals surface area contributed by atoms with Crippen LogP contribution in [0.2, 0.25) is 0 Å². The molecule has 1 aliphatic heterocycles. The second-order valence-corrected chi connectivity index (χ2v) is 6.93. The lowest BCUT2D eigenvalue weighted by atomic mass is 9.74. The third-order valence-electron chi connectivity index (χ3n) is 4.74. The van der Waals surface area contributed by atoms with E-state index >= 15 is 0 Å². The van der Waals surface area contributed by atoms with Gasteiger partial charge < -0.3 is 15.4 Å². The molecular weight excluding hydrogens is 305 g/mol. The minimum Gasteiger partial charge on any atom is -0.381 e. The van der Waals surface area contributed by atoms with Gasteiger partial charge in [0.15, 0.2) is 5.96 Å². The molecule has 24 heavy (non-hydrogen) atoms. The van der Waals surface area contributed by atoms with Crippen LogP contribution in [0.15, 0.2) is 29.3 Å². The number of nitrogens with one attached hydrogen (secondary N) is 2. The fraction of sp³-hybridized carbons (Fsp3) is 0.632. The summed E-state index contributed by atoms with van der Waals surface area (Å²) in [4.78, 5) is 4.31. The van der Waals surface area contributed by atoms with E-state index in [1.54, 1.807) is 19.2 Å². The average molecular weight is 335 g/mol. The van der Waals surface area contributed by atoms with Gasteiger partial charge in [-0.2, -0.15) is 0 Å². The van der Waals surface area contributed by atoms with Gasteiger partial charge in [0, 0.05) is 38.8 Å². The Balaban J connectivity index is 2.02. The van der Waals surface area contributed by atoms with Gasteiger partial charge in [-0.3, -0.25) is 4.99 Å². The summed E-state index contributed by atoms with van der Waals surface area (Å²) >= 11 is 0. The van der Waals surface area contributed by atoms with Crippen molar-refractivity contribution in [1.29, 1.82) is 0 Å². The van der Waals surface area contributed by atoms with Gasteiger partial charge in [-0.15, -0.1) is 0 Å². The topological polar surface area (TPSA) is 45.7 Å². The molecule has 134 valence electrons. The lowest BCUT2D eigenvalue weighted by Crippen LogP contribution is -2.48. The highest BCUT2D eigenvalue weighted by molar-refractivity contribution is 5.79. The molecule has 0 bridgehead atoms. The molecule has 0 radical (unpaired) electrons. The third kappa shape index (κ3) is 5.20. The van der Waals surface area contributed by atoms with Gasteiger partial charge in [-0.1, -0.05) is 26.0 Å². The van der Waals surface area contributed by atoms with Crippen molar-refractivity contribution >= 4 is 5.96 Å². The van der Waals surface area contributed by atoms with Gasteiger partial charge in [-0.05, 0) is 42.9 Å². The van der Waals surface area contributed by atoms with Gasteiger partial charge >= 0.3 is 0 Å². The monoisotopic (exact) mass is 335 g/mol. The van der Waals surface area contributed by atoms with Crippen LogP contribution in [0.5, 0.6) is 0 Å². The van der Waals surface area contributed by atoms with E-state index in [2.05, 4.69) is 29.5 Å². The molecule has 1 heterocycles. The van der Waals surface area contributed by atoms with Gasteiger partial charge in [-0.25, -0.2) is 4.39 Å². The number of guanidine groups is 1. The molecule has 0 aromatic heterocycles. The summed E-state index contributed by atoms with van der Waals surface area (Å²) in [5.41, 5.74) is 1.12. The summed E-state index contributed by atoms with van der Waals surface area (Å²) < 4.78 is 18.8. The van der Waals surface area contributed by atoms with E-state index in [0.29, 0.717) is 5.92 Å². The maximum absolute atomic E-state index is 13.3. The largest absolute Gasteiger partial charge is 0.381 e. The summed E-state index contributed by atoms with van der Waals surface area (Å²) in [5.74, 6) is 1.29. The Labute approximate surface area is 144 Å². The number of benzene rings is 1. The second-order valence-electron chi connectivity index (χ2n) is 6.93. The lowest BCUT2D eigenvalue weighted by molar-refractivity contribution is 0.0513. The zero-order valence-corrected chi connectivity index (χ0v) is 15.1. The number of ether oxygens (including phenoxy) is 1. The van der Waals surface area contributed by atoms with E-state index < -0.39 is 0 Å². The molecule has 0 saturated carbocycles. The Morgan fingerprint density at radius 3 is 2.46 bits per heavy atom. The van der Waals surface area contributed by atoms with Crippen molar-refractivity contribution in [3.8, 4) is 0 Å². The molecule has 0 spiro atoms. The molecule has 0 aliphatic carbocycles. The minimum absolute atomic E-state index is 0.0401. The fourth-order valence-corrected chi connectivity index (χ4v) is 3.09. The van der Waals surface area contributed by atoms with Crippen LogP contribution in [0.4, 0.5) is 4.39 Å². The van der Waals surface area contributed by atoms with Crippen LogP contribution < -0.4 is 10.6 Å². The Hall–Kier alpha value is -1.62. The second kappa shape index (κ2) is 9.02. The van der Waals surface area contributed by atoms with Gasteiger partial charge in [0.05, 0.1) is 0 Å². The maximum Gasteiger partial charge on any atom is 0.191 e. The molecule has 4 nitrogen and oxygen atoms in total. The summed E-state index contributed by atoms with van der Waals surface area (Å²) in [6.45, 7) is 7.57. The summed E-state index contributed by atoms with van der Waals surface area (Å²) in [6, 6.07) is 6.89. The first-order valence-corrected chi connectivity index (χ1v) is 8.84. The van der Waals surface area contributed by atoms with Crippen LogP contribution in [-0.2, 0) is 10.2 Å². The van der Waals surface area contributed by atoms with Crippen LogP contribution in [0.1, 0.15) is 38.7 Å². The molecule has 1 aliphatic rings. The van der Waals surface area contributed by atoms with Crippen molar-refractivity contribution in [2.45, 2.75) is 38.5 Å². The normalized spacial score (nSPS) is 17.8. The van der Waals surface area contributed by atoms with Crippen molar-refractivity contribution in [2.24, 2.45) is 10.9 Å². The van der Waals surface area contributed by atoms with Crippen molar-refractivity contribution in [3.63, 3.8) is 0 Å². The first-order chi connectivity index (χ1) is 11.6. The van der Waals surface area contributed by atoms with Gasteiger partial charge in [0.1, 0.15) is 5.82 Å². The number of halogens is 1. The fourth-order valence-electron chi connectivity index (χ4n) is 3.09. The first-order valence-electron chi connectivity index (χ1n) is 8.84. The summed E-state index contributed by atoms with van der Waals surface area (Å²) in [7, 11) is 1.79. The predicted molar refractivity (Wildman–Crippen MR) is 97.0 cm³/mol. The molecular formula is C19H30FN3O. The number of hydrogen-bond donors (Lipinski definition) is 2. The number of aliphatic imine (C=N–C) groups is 1. The predicted octanol–water partition coefficient (Wildman–Crippen LogP) is 3.09. The molecule has 0 atom stereocenters. The molecule has 0 amide bonds. The zero-order valence-electron chi connectivity index (χ0n) is 15.1. The van der Waals surface area contributed by atoms with Crippen LogP contribution in [0.25, 0.3) is 0 Å². The SMILES string of the molecule is CN=C(NCCC(C)C)NCC1(c2ccc(F)cc2)CCOCC1. The molecule has 5 heteroatoms. The smallest absolute Gasteiger partial charge is 0.191 e. The Bertz CT molecular complexity index is 522. The Morgan fingerprint density at radius 1 is 1.21 bits per heavy atom. The van der Waals surface area contributed by atoms with Crippen molar-refractivity contribution in [3.05, 3.63) is 35.6 Å². The van der Waals surface area contributed by atoms with Crippen LogP contribution >= 0.6 is 0 Å². The number of rotatable bonds is 6. The molecule has 1 aromatic carbocycles. The van der Waals surface area contributed by atoms with Gasteiger partial charge in [0.25, 0.3) is 0 Å². The van der Waals surface area contributed by atoms with Crippen LogP contribution in [0.3, 0.4) is 0 Å². The van der Waals surface area contributed by atoms with E-state index in [-0.39, 0.29) is 11.2 Å². The standard InChI is InChI=1S/C19H30FN3O/c1-15(2)8-11-22-18(21-3)23-14-19(9-12-24-13-10-19)16-4-6-17(20)7-5-16/h4-7,15H,8-14H2,1-3H3,(H2,21,22,23). The number of nitrogens with zero attached hydrogens (tertiary/aromatic N) is 1. The molecule has 2 rings (SSSR count). The quantitative estimate of drug-likeness (QED) is 0.620. The average Bonchev–Trinajstić information content (AvgIpc) is 2.59. The molecule has 1 saturated heterocycles. The summed E-state index contributed by atoms with van der Waals surface area (Å²) in [5, 5.41) is 6.82. The van der Waals surface area contributed by atoms with E-state index in [1.807, 2.05) is 12.1 Å². The third-order valence-corrected chi connectivity index (χ3v) is 4.74. The molecule has 0 unspecified atom stereocenters. The van der Waals surface area contributed by atoms with Crippen LogP contribution in [-0.4, -0.2) is 39.3 Å². The minimum atomic E-state index is -0.194. The first kappa shape index (κ1) is 18.7. The molecule has 2 N–H and O–H groups in total. The number of hydrogen-bond acceptors (Lipinski definition) is 2. The Morgan fingerprint density at radius 2 is 1.88 bits per heavy atom. The van der Waals surface area contributed by atoms with Gasteiger partial charge in [0.2, 0.25) is 0 Å². The highest BCUT2D eigenvalue weighted by Crippen LogP contribution is 2.34. The molecule has 1 fully saturated rings. The summed E-state index contributed by atoms with van der Waals surface area (Å²) in [6.07, 6.45) is 2.96.